The fraction of sp³-hybridized carbons (Fsp3) is 0.429. The number of quaternary nitrogens is 1. The molecule has 2 bridgehead atoms. The summed E-state index contributed by atoms with van der Waals surface area (Å²) in [5.74, 6) is 0.0261. The monoisotopic (exact) mass is 495 g/mol. The Hall–Kier alpha value is -2.64. The Kier molecular flexibility index (Phi) is 6.98. The normalized spacial score (nSPS) is 28.0. The van der Waals surface area contributed by atoms with Gasteiger partial charge in [0.05, 0.1) is 18.3 Å². The molecule has 0 amide bonds. The molecule has 0 saturated carbocycles. The van der Waals surface area contributed by atoms with E-state index in [0.29, 0.717) is 24.8 Å². The number of rotatable bonds is 8. The number of piperidine rings is 3. The molecule has 0 aliphatic carbocycles. The fourth-order valence-corrected chi connectivity index (χ4v) is 6.65. The van der Waals surface area contributed by atoms with Crippen LogP contribution < -0.4 is 4.90 Å². The van der Waals surface area contributed by atoms with Crippen molar-refractivity contribution >= 4 is 29.2 Å². The molecule has 3 fully saturated rings. The van der Waals surface area contributed by atoms with E-state index in [1.54, 1.807) is 23.9 Å². The minimum absolute atomic E-state index is 0.0370. The number of esters is 1. The van der Waals surface area contributed by atoms with Crippen LogP contribution in [0, 0.1) is 11.7 Å². The van der Waals surface area contributed by atoms with E-state index in [1.165, 1.54) is 12.1 Å². The van der Waals surface area contributed by atoms with Gasteiger partial charge in [-0.15, -0.1) is 11.8 Å². The van der Waals surface area contributed by atoms with Crippen LogP contribution in [0.25, 0.3) is 0 Å². The van der Waals surface area contributed by atoms with Crippen molar-refractivity contribution in [3.8, 4) is 0 Å². The smallest absolute Gasteiger partial charge is 0.333 e. The first-order chi connectivity index (χ1) is 16.9. The highest BCUT2D eigenvalue weighted by Gasteiger charge is 2.49. The van der Waals surface area contributed by atoms with E-state index in [2.05, 4.69) is 6.08 Å². The number of halogens is 1. The van der Waals surface area contributed by atoms with Crippen molar-refractivity contribution in [2.24, 2.45) is 5.92 Å². The quantitative estimate of drug-likeness (QED) is 0.391. The topological polar surface area (TPSA) is 46.6 Å². The Morgan fingerprint density at radius 2 is 1.83 bits per heavy atom. The summed E-state index contributed by atoms with van der Waals surface area (Å²) in [6.45, 7) is 3.19. The van der Waals surface area contributed by atoms with E-state index in [1.807, 2.05) is 47.7 Å². The molecule has 3 saturated heterocycles. The highest BCUT2D eigenvalue weighted by Crippen LogP contribution is 2.38. The molecule has 5 nitrogen and oxygen atoms in total. The second kappa shape index (κ2) is 10.2. The molecule has 4 heterocycles. The third-order valence-corrected chi connectivity index (χ3v) is 8.94. The Morgan fingerprint density at radius 1 is 1.11 bits per heavy atom. The first-order valence-electron chi connectivity index (χ1n) is 12.4. The molecule has 184 valence electrons. The minimum Gasteiger partial charge on any atom is -0.454 e. The fourth-order valence-electron chi connectivity index (χ4n) is 5.79. The van der Waals surface area contributed by atoms with E-state index in [4.69, 9.17) is 4.74 Å². The van der Waals surface area contributed by atoms with Crippen molar-refractivity contribution in [1.29, 1.82) is 0 Å². The van der Waals surface area contributed by atoms with Crippen molar-refractivity contribution in [1.82, 2.24) is 0 Å². The van der Waals surface area contributed by atoms with Crippen LogP contribution in [0.2, 0.25) is 0 Å². The third-order valence-electron chi connectivity index (χ3n) is 7.81. The van der Waals surface area contributed by atoms with Gasteiger partial charge >= 0.3 is 5.97 Å². The summed E-state index contributed by atoms with van der Waals surface area (Å²) in [6.07, 6.45) is 4.65. The number of carbonyl (C=O) groups is 2. The number of benzene rings is 2. The zero-order valence-electron chi connectivity index (χ0n) is 20.0. The zero-order chi connectivity index (χ0) is 24.4. The molecule has 0 N–H and O–H groups in total. The Labute approximate surface area is 210 Å². The van der Waals surface area contributed by atoms with E-state index >= 15 is 0 Å². The maximum Gasteiger partial charge on any atom is 0.333 e. The first kappa shape index (κ1) is 24.1. The summed E-state index contributed by atoms with van der Waals surface area (Å²) in [4.78, 5) is 28.5. The van der Waals surface area contributed by atoms with Gasteiger partial charge in [-0.3, -0.25) is 4.79 Å². The van der Waals surface area contributed by atoms with Gasteiger partial charge in [0.25, 0.3) is 0 Å². The number of anilines is 1. The molecule has 6 rings (SSSR count). The minimum atomic E-state index is -0.645. The Balaban J connectivity index is 1.33. The number of ketones is 1. The summed E-state index contributed by atoms with van der Waals surface area (Å²) >= 11 is 1.62. The summed E-state index contributed by atoms with van der Waals surface area (Å²) in [7, 11) is 1.84. The van der Waals surface area contributed by atoms with Gasteiger partial charge in [0.1, 0.15) is 18.9 Å². The largest absolute Gasteiger partial charge is 0.454 e. The number of allylic oxidation sites excluding steroid dienone is 1. The van der Waals surface area contributed by atoms with Gasteiger partial charge in [-0.1, -0.05) is 36.4 Å². The number of Topliss-reactive ketones (excluding diaryl/α,β-unsaturated/α-hetero) is 1. The van der Waals surface area contributed by atoms with Crippen LogP contribution in [0.15, 0.2) is 66.1 Å². The Bertz CT molecular complexity index is 1080. The molecule has 35 heavy (non-hydrogen) atoms. The van der Waals surface area contributed by atoms with Gasteiger partial charge < -0.3 is 14.1 Å². The molecule has 2 aromatic carbocycles. The molecule has 0 aromatic heterocycles. The zero-order valence-corrected chi connectivity index (χ0v) is 20.8. The van der Waals surface area contributed by atoms with Crippen LogP contribution in [-0.4, -0.2) is 60.8 Å². The number of likely N-dealkylation sites (N-methyl/N-ethyl adjacent to an activating group) is 1. The number of hydrogen-bond acceptors (Lipinski definition) is 5. The summed E-state index contributed by atoms with van der Waals surface area (Å²) in [6, 6.07) is 15.1. The molecule has 7 heteroatoms. The Morgan fingerprint density at radius 3 is 2.49 bits per heavy atom. The van der Waals surface area contributed by atoms with E-state index in [9.17, 15) is 14.0 Å². The lowest BCUT2D eigenvalue weighted by molar-refractivity contribution is -0.939. The van der Waals surface area contributed by atoms with Crippen LogP contribution >= 0.6 is 11.8 Å². The van der Waals surface area contributed by atoms with Gasteiger partial charge in [0.15, 0.2) is 17.9 Å². The van der Waals surface area contributed by atoms with Crippen molar-refractivity contribution in [3.63, 3.8) is 0 Å². The van der Waals surface area contributed by atoms with Crippen LogP contribution in [0.3, 0.4) is 0 Å². The van der Waals surface area contributed by atoms with E-state index in [0.717, 1.165) is 48.1 Å². The highest BCUT2D eigenvalue weighted by atomic mass is 32.2. The molecule has 0 radical (unpaired) electrons. The van der Waals surface area contributed by atoms with E-state index < -0.39 is 6.04 Å². The van der Waals surface area contributed by atoms with Gasteiger partial charge in [0, 0.05) is 31.5 Å². The highest BCUT2D eigenvalue weighted by molar-refractivity contribution is 8.03. The van der Waals surface area contributed by atoms with Crippen molar-refractivity contribution in [3.05, 3.63) is 77.5 Å². The molecule has 2 aromatic rings. The maximum absolute atomic E-state index is 13.7. The van der Waals surface area contributed by atoms with Crippen molar-refractivity contribution in [2.45, 2.75) is 36.7 Å². The van der Waals surface area contributed by atoms with Crippen molar-refractivity contribution in [2.75, 3.05) is 38.1 Å². The molecule has 3 atom stereocenters. The summed E-state index contributed by atoms with van der Waals surface area (Å²) in [5, 5.41) is 2.06. The lowest BCUT2D eigenvalue weighted by Crippen LogP contribution is -2.66. The van der Waals surface area contributed by atoms with Crippen molar-refractivity contribution < 1.29 is 23.2 Å². The predicted molar refractivity (Wildman–Crippen MR) is 136 cm³/mol. The molecule has 0 spiro atoms. The molecule has 2 unspecified atom stereocenters. The second-order valence-electron chi connectivity index (χ2n) is 10.0. The molecule has 4 aliphatic heterocycles. The second-order valence-corrected chi connectivity index (χ2v) is 11.2. The predicted octanol–water partition coefficient (Wildman–Crippen LogP) is 4.74. The van der Waals surface area contributed by atoms with Gasteiger partial charge in [-0.25, -0.2) is 9.18 Å². The summed E-state index contributed by atoms with van der Waals surface area (Å²) < 4.78 is 20.5. The number of thioether (sulfide) groups is 1. The van der Waals surface area contributed by atoms with Crippen LogP contribution in [-0.2, 0) is 14.3 Å². The SMILES string of the molecule is CN(c1ccc(F)cc1)C(C(=O)O[C@H]1C[N+]2(CC(=O)C3CC=CS3)CCC1CC2)c1ccccc1. The number of nitrogens with zero attached hydrogens (tertiary/aromatic N) is 2. The lowest BCUT2D eigenvalue weighted by Gasteiger charge is -2.52. The number of ether oxygens (including phenoxy) is 1. The average Bonchev–Trinajstić information content (AvgIpc) is 3.41. The third kappa shape index (κ3) is 5.16. The number of hydrogen-bond donors (Lipinski definition) is 0. The van der Waals surface area contributed by atoms with Gasteiger partial charge in [-0.2, -0.15) is 0 Å². The lowest BCUT2D eigenvalue weighted by atomic mass is 9.82. The van der Waals surface area contributed by atoms with Gasteiger partial charge in [-0.05, 0) is 41.7 Å². The molecular formula is C28H32FN2O3S+. The van der Waals surface area contributed by atoms with Gasteiger partial charge in [0.2, 0.25) is 0 Å². The number of carbonyl (C=O) groups excluding carboxylic acids is 2. The number of fused-ring (bicyclic) bond motifs is 3. The standard InChI is InChI=1S/C28H32FN2O3S/c1-30(23-11-9-22(29)10-12-23)27(21-6-3-2-4-7-21)28(33)34-25-19-31(15-13-20(25)14-16-31)18-24(32)26-8-5-17-35-26/h2-7,9-12,17,20,25-27H,8,13-16,18-19H2,1H3/q+1/t20?,25-,26?,27?,31?/m0/s1. The first-order valence-corrected chi connectivity index (χ1v) is 13.3. The molecular weight excluding hydrogens is 463 g/mol. The molecule has 4 aliphatic rings. The summed E-state index contributed by atoms with van der Waals surface area (Å²) in [5.41, 5.74) is 1.57. The van der Waals surface area contributed by atoms with Crippen LogP contribution in [0.4, 0.5) is 10.1 Å². The van der Waals surface area contributed by atoms with E-state index in [-0.39, 0.29) is 23.1 Å². The van der Waals surface area contributed by atoms with Crippen LogP contribution in [0.1, 0.15) is 30.9 Å². The average molecular weight is 496 g/mol. The van der Waals surface area contributed by atoms with Crippen LogP contribution in [0.5, 0.6) is 0 Å². The maximum atomic E-state index is 13.7.